The smallest absolute Gasteiger partial charge is 0.411 e. The first-order chi connectivity index (χ1) is 16.1. The van der Waals surface area contributed by atoms with Crippen molar-refractivity contribution in [2.45, 2.75) is 55.4 Å². The second-order valence-corrected chi connectivity index (χ2v) is 12.2. The van der Waals surface area contributed by atoms with Crippen LogP contribution in [-0.2, 0) is 31.2 Å². The molecule has 184 valence electrons. The maximum atomic E-state index is 13.5. The third-order valence-electron chi connectivity index (χ3n) is 6.09. The molecule has 0 saturated carbocycles. The van der Waals surface area contributed by atoms with Gasteiger partial charge in [0, 0.05) is 24.8 Å². The summed E-state index contributed by atoms with van der Waals surface area (Å²) in [6.07, 6.45) is 2.53. The molecule has 1 atom stereocenters. The lowest BCUT2D eigenvalue weighted by Gasteiger charge is -2.26. The van der Waals surface area contributed by atoms with E-state index in [1.54, 1.807) is 26.0 Å². The molecule has 0 spiro atoms. The molecule has 1 amide bonds. The van der Waals surface area contributed by atoms with Crippen LogP contribution in [0.5, 0.6) is 0 Å². The molecule has 1 fully saturated rings. The molecule has 2 aliphatic rings. The van der Waals surface area contributed by atoms with E-state index in [4.69, 9.17) is 4.74 Å². The van der Waals surface area contributed by atoms with E-state index in [9.17, 15) is 21.6 Å². The van der Waals surface area contributed by atoms with Crippen LogP contribution in [0.4, 0.5) is 16.2 Å². The van der Waals surface area contributed by atoms with E-state index < -0.39 is 26.1 Å². The molecule has 0 radical (unpaired) electrons. The van der Waals surface area contributed by atoms with Gasteiger partial charge in [-0.3, -0.25) is 9.62 Å². The molecule has 1 N–H and O–H groups in total. The minimum absolute atomic E-state index is 0.0756. The summed E-state index contributed by atoms with van der Waals surface area (Å²) in [4.78, 5) is 11.9. The zero-order valence-electron chi connectivity index (χ0n) is 19.2. The highest BCUT2D eigenvalue weighted by Crippen LogP contribution is 2.38. The van der Waals surface area contributed by atoms with Gasteiger partial charge in [0.25, 0.3) is 10.0 Å². The predicted molar refractivity (Wildman–Crippen MR) is 129 cm³/mol. The normalized spacial score (nSPS) is 19.0. The number of carbonyl (C=O) groups is 1. The number of nitrogens with zero attached hydrogens (tertiary/aromatic N) is 2. The van der Waals surface area contributed by atoms with Crippen LogP contribution in [0.1, 0.15) is 38.7 Å². The number of piperidine rings is 1. The van der Waals surface area contributed by atoms with E-state index in [0.717, 1.165) is 19.3 Å². The van der Waals surface area contributed by atoms with Crippen LogP contribution in [0.2, 0.25) is 0 Å². The highest BCUT2D eigenvalue weighted by Gasteiger charge is 2.37. The van der Waals surface area contributed by atoms with E-state index >= 15 is 0 Å². The lowest BCUT2D eigenvalue weighted by atomic mass is 10.1. The van der Waals surface area contributed by atoms with Gasteiger partial charge in [-0.1, -0.05) is 6.42 Å². The van der Waals surface area contributed by atoms with Gasteiger partial charge in [-0.15, -0.1) is 0 Å². The number of anilines is 2. The van der Waals surface area contributed by atoms with Gasteiger partial charge in [0.15, 0.2) is 0 Å². The van der Waals surface area contributed by atoms with Crippen molar-refractivity contribution in [3.8, 4) is 0 Å². The van der Waals surface area contributed by atoms with Gasteiger partial charge in [-0.25, -0.2) is 21.6 Å². The second kappa shape index (κ2) is 9.55. The van der Waals surface area contributed by atoms with Crippen molar-refractivity contribution >= 4 is 37.5 Å². The fourth-order valence-electron chi connectivity index (χ4n) is 4.47. The number of benzene rings is 2. The van der Waals surface area contributed by atoms with Crippen LogP contribution in [-0.4, -0.2) is 53.0 Å². The van der Waals surface area contributed by atoms with Gasteiger partial charge in [0.1, 0.15) is 0 Å². The number of ether oxygens (including phenoxy) is 1. The highest BCUT2D eigenvalue weighted by atomic mass is 32.2. The molecule has 2 aliphatic heterocycles. The van der Waals surface area contributed by atoms with E-state index in [2.05, 4.69) is 5.32 Å². The Balaban J connectivity index is 1.60. The molecule has 0 aliphatic carbocycles. The summed E-state index contributed by atoms with van der Waals surface area (Å²) in [5, 5.41) is 2.53. The van der Waals surface area contributed by atoms with Gasteiger partial charge < -0.3 is 4.74 Å². The third-order valence-corrected chi connectivity index (χ3v) is 9.93. The molecule has 2 aromatic carbocycles. The molecule has 0 aromatic heterocycles. The molecule has 0 bridgehead atoms. The number of amides is 1. The maximum Gasteiger partial charge on any atom is 0.411 e. The van der Waals surface area contributed by atoms with E-state index in [0.29, 0.717) is 36.4 Å². The molecule has 4 rings (SSSR count). The number of hydrogen-bond donors (Lipinski definition) is 1. The standard InChI is InChI=1S/C23H29N3O6S2/c1-3-32-23(27)24-19-7-9-20(10-8-19)34(30,31)26-17(2)15-18-16-21(11-12-22(18)26)33(28,29)25-13-5-4-6-14-25/h7-12,16-17H,3-6,13-15H2,1-2H3,(H,24,27)/t17-/m1/s1. The Kier molecular flexibility index (Phi) is 6.88. The molecule has 2 aromatic rings. The SMILES string of the molecule is CCOC(=O)Nc1ccc(S(=O)(=O)N2c3ccc(S(=O)(=O)N4CCCCC4)cc3C[C@H]2C)cc1. The average molecular weight is 508 g/mol. The fourth-order valence-corrected chi connectivity index (χ4v) is 7.73. The Bertz CT molecular complexity index is 1270. The topological polar surface area (TPSA) is 113 Å². The quantitative estimate of drug-likeness (QED) is 0.640. The fraction of sp³-hybridized carbons (Fsp3) is 0.435. The molecule has 34 heavy (non-hydrogen) atoms. The molecular weight excluding hydrogens is 478 g/mol. The van der Waals surface area contributed by atoms with Gasteiger partial charge in [-0.05, 0) is 81.1 Å². The summed E-state index contributed by atoms with van der Waals surface area (Å²) >= 11 is 0. The van der Waals surface area contributed by atoms with Crippen LogP contribution in [0.25, 0.3) is 0 Å². The van der Waals surface area contributed by atoms with Crippen molar-refractivity contribution in [2.24, 2.45) is 0 Å². The predicted octanol–water partition coefficient (Wildman–Crippen LogP) is 3.57. The van der Waals surface area contributed by atoms with E-state index in [1.807, 2.05) is 0 Å². The summed E-state index contributed by atoms with van der Waals surface area (Å²) in [5.41, 5.74) is 1.59. The summed E-state index contributed by atoms with van der Waals surface area (Å²) in [6, 6.07) is 10.2. The molecule has 0 unspecified atom stereocenters. The van der Waals surface area contributed by atoms with Crippen LogP contribution in [0.3, 0.4) is 0 Å². The van der Waals surface area contributed by atoms with Gasteiger partial charge in [0.05, 0.1) is 22.1 Å². The molecule has 2 heterocycles. The van der Waals surface area contributed by atoms with E-state index in [1.165, 1.54) is 38.9 Å². The van der Waals surface area contributed by atoms with Crippen molar-refractivity contribution in [1.29, 1.82) is 0 Å². The summed E-state index contributed by atoms with van der Waals surface area (Å²) < 4.78 is 60.7. The minimum Gasteiger partial charge on any atom is -0.450 e. The van der Waals surface area contributed by atoms with Crippen molar-refractivity contribution in [2.75, 3.05) is 29.3 Å². The second-order valence-electron chi connectivity index (χ2n) is 8.48. The lowest BCUT2D eigenvalue weighted by molar-refractivity contribution is 0.168. The number of sulfonamides is 2. The summed E-state index contributed by atoms with van der Waals surface area (Å²) in [6.45, 7) is 4.74. The number of nitrogens with one attached hydrogen (secondary N) is 1. The Morgan fingerprint density at radius 3 is 2.26 bits per heavy atom. The van der Waals surface area contributed by atoms with Crippen LogP contribution < -0.4 is 9.62 Å². The van der Waals surface area contributed by atoms with E-state index in [-0.39, 0.29) is 22.4 Å². The van der Waals surface area contributed by atoms with Gasteiger partial charge in [0.2, 0.25) is 10.0 Å². The Labute approximate surface area is 200 Å². The maximum absolute atomic E-state index is 13.5. The Morgan fingerprint density at radius 2 is 1.62 bits per heavy atom. The number of rotatable bonds is 6. The number of hydrogen-bond acceptors (Lipinski definition) is 6. The lowest BCUT2D eigenvalue weighted by Crippen LogP contribution is -2.36. The highest BCUT2D eigenvalue weighted by molar-refractivity contribution is 7.93. The average Bonchev–Trinajstić information content (AvgIpc) is 3.15. The Morgan fingerprint density at radius 1 is 0.971 bits per heavy atom. The molecule has 11 heteroatoms. The summed E-state index contributed by atoms with van der Waals surface area (Å²) in [5.74, 6) is 0. The van der Waals surface area contributed by atoms with Crippen molar-refractivity contribution < 1.29 is 26.4 Å². The third kappa shape index (κ3) is 4.64. The minimum atomic E-state index is -3.90. The zero-order valence-corrected chi connectivity index (χ0v) is 20.9. The van der Waals surface area contributed by atoms with Gasteiger partial charge >= 0.3 is 6.09 Å². The van der Waals surface area contributed by atoms with Crippen molar-refractivity contribution in [3.63, 3.8) is 0 Å². The molecule has 1 saturated heterocycles. The summed E-state index contributed by atoms with van der Waals surface area (Å²) in [7, 11) is -7.50. The number of fused-ring (bicyclic) bond motifs is 1. The monoisotopic (exact) mass is 507 g/mol. The zero-order chi connectivity index (χ0) is 24.5. The molecular formula is C23H29N3O6S2. The first kappa shape index (κ1) is 24.5. The van der Waals surface area contributed by atoms with Crippen LogP contribution >= 0.6 is 0 Å². The first-order valence-corrected chi connectivity index (χ1v) is 14.2. The van der Waals surface area contributed by atoms with Crippen LogP contribution in [0.15, 0.2) is 52.3 Å². The number of carbonyl (C=O) groups excluding carboxylic acids is 1. The van der Waals surface area contributed by atoms with Crippen molar-refractivity contribution in [3.05, 3.63) is 48.0 Å². The first-order valence-electron chi connectivity index (χ1n) is 11.4. The molecule has 9 nitrogen and oxygen atoms in total. The van der Waals surface area contributed by atoms with Gasteiger partial charge in [-0.2, -0.15) is 4.31 Å². The Hall–Kier alpha value is -2.63. The van der Waals surface area contributed by atoms with Crippen LogP contribution in [0, 0.1) is 0 Å². The van der Waals surface area contributed by atoms with Crippen molar-refractivity contribution in [1.82, 2.24) is 4.31 Å². The largest absolute Gasteiger partial charge is 0.450 e.